The van der Waals surface area contributed by atoms with Gasteiger partial charge in [-0.3, -0.25) is 23.9 Å². The van der Waals surface area contributed by atoms with Crippen LogP contribution in [0.25, 0.3) is 0 Å². The van der Waals surface area contributed by atoms with E-state index < -0.39 is 48.0 Å². The summed E-state index contributed by atoms with van der Waals surface area (Å²) in [6.07, 6.45) is 0.520. The maximum absolute atomic E-state index is 11.6. The first-order chi connectivity index (χ1) is 9.29. The lowest BCUT2D eigenvalue weighted by Gasteiger charge is -2.13. The van der Waals surface area contributed by atoms with Crippen molar-refractivity contribution in [3.8, 4) is 0 Å². The molecule has 10 nitrogen and oxygen atoms in total. The van der Waals surface area contributed by atoms with Gasteiger partial charge in [0, 0.05) is 12.3 Å². The first kappa shape index (κ1) is 15.1. The number of hydrogen-bond acceptors (Lipinski definition) is 5. The fourth-order valence-electron chi connectivity index (χ4n) is 1.36. The van der Waals surface area contributed by atoms with Gasteiger partial charge in [0.2, 0.25) is 11.8 Å². The molecule has 0 aromatic carbocycles. The molecule has 0 aliphatic rings. The molecule has 20 heavy (non-hydrogen) atoms. The zero-order valence-corrected chi connectivity index (χ0v) is 10.2. The van der Waals surface area contributed by atoms with Crippen molar-refractivity contribution in [2.45, 2.75) is 19.0 Å². The first-order valence-electron chi connectivity index (χ1n) is 5.40. The number of aliphatic carboxylic acids is 1. The molecule has 108 valence electrons. The molecule has 0 spiro atoms. The van der Waals surface area contributed by atoms with Gasteiger partial charge in [0.15, 0.2) is 0 Å². The third-order valence-corrected chi connectivity index (χ3v) is 2.25. The molecule has 0 radical (unpaired) electrons. The number of nitrogens with two attached hydrogens (primary N) is 1. The van der Waals surface area contributed by atoms with Gasteiger partial charge in [-0.05, 0) is 0 Å². The molecule has 10 heteroatoms. The highest BCUT2D eigenvalue weighted by Crippen LogP contribution is 1.92. The van der Waals surface area contributed by atoms with Gasteiger partial charge in [-0.1, -0.05) is 0 Å². The number of nitrogens with zero attached hydrogens (tertiary/aromatic N) is 1. The lowest BCUT2D eigenvalue weighted by molar-refractivity contribution is -0.143. The highest BCUT2D eigenvalue weighted by Gasteiger charge is 2.22. The van der Waals surface area contributed by atoms with Gasteiger partial charge in [-0.25, -0.2) is 9.59 Å². The van der Waals surface area contributed by atoms with Crippen molar-refractivity contribution in [3.05, 3.63) is 33.1 Å². The molecule has 0 saturated heterocycles. The van der Waals surface area contributed by atoms with E-state index in [4.69, 9.17) is 10.8 Å². The number of hydrogen-bond donors (Lipinski definition) is 4. The molecular weight excluding hydrogens is 272 g/mol. The van der Waals surface area contributed by atoms with Crippen molar-refractivity contribution >= 4 is 17.8 Å². The number of amides is 2. The van der Waals surface area contributed by atoms with E-state index in [0.717, 1.165) is 16.8 Å². The molecule has 0 aliphatic heterocycles. The Morgan fingerprint density at radius 2 is 2.05 bits per heavy atom. The molecule has 5 N–H and O–H groups in total. The summed E-state index contributed by atoms with van der Waals surface area (Å²) in [5.41, 5.74) is 3.42. The Kier molecular flexibility index (Phi) is 4.78. The number of nitrogens with one attached hydrogen (secondary N) is 2. The fourth-order valence-corrected chi connectivity index (χ4v) is 1.36. The predicted octanol–water partition coefficient (Wildman–Crippen LogP) is -3.02. The van der Waals surface area contributed by atoms with E-state index in [-0.39, 0.29) is 0 Å². The summed E-state index contributed by atoms with van der Waals surface area (Å²) in [4.78, 5) is 57.1. The third-order valence-electron chi connectivity index (χ3n) is 2.25. The number of carbonyl (C=O) groups excluding carboxylic acids is 2. The minimum absolute atomic E-state index is 0.502. The lowest BCUT2D eigenvalue weighted by atomic mass is 10.2. The molecule has 2 amide bonds. The number of primary amides is 1. The molecule has 1 rings (SSSR count). The molecule has 0 bridgehead atoms. The van der Waals surface area contributed by atoms with Gasteiger partial charge in [-0.2, -0.15) is 0 Å². The SMILES string of the molecule is NC(=O)C[C@H](NC(=O)Cn1ccc(=O)[nH]c1=O)C(=O)O. The van der Waals surface area contributed by atoms with E-state index in [9.17, 15) is 24.0 Å². The highest BCUT2D eigenvalue weighted by atomic mass is 16.4. The molecule has 1 aromatic heterocycles. The molecule has 1 atom stereocenters. The van der Waals surface area contributed by atoms with Gasteiger partial charge >= 0.3 is 11.7 Å². The fraction of sp³-hybridized carbons (Fsp3) is 0.300. The van der Waals surface area contributed by atoms with Crippen molar-refractivity contribution < 1.29 is 19.5 Å². The van der Waals surface area contributed by atoms with E-state index in [1.54, 1.807) is 0 Å². The maximum atomic E-state index is 11.6. The summed E-state index contributed by atoms with van der Waals surface area (Å²) in [5.74, 6) is -3.13. The Morgan fingerprint density at radius 1 is 1.40 bits per heavy atom. The van der Waals surface area contributed by atoms with Gasteiger partial charge in [-0.15, -0.1) is 0 Å². The minimum Gasteiger partial charge on any atom is -0.480 e. The molecule has 1 heterocycles. The Hall–Kier alpha value is -2.91. The van der Waals surface area contributed by atoms with E-state index in [0.29, 0.717) is 0 Å². The summed E-state index contributed by atoms with van der Waals surface area (Å²) in [7, 11) is 0. The number of aromatic nitrogens is 2. The number of rotatable bonds is 6. The van der Waals surface area contributed by atoms with Crippen LogP contribution in [0.4, 0.5) is 0 Å². The van der Waals surface area contributed by atoms with Crippen LogP contribution in [0.3, 0.4) is 0 Å². The van der Waals surface area contributed by atoms with Crippen molar-refractivity contribution in [2.24, 2.45) is 5.73 Å². The number of carboxylic acid groups (broad SMARTS) is 1. The summed E-state index contributed by atoms with van der Waals surface area (Å²) in [6, 6.07) is -0.439. The minimum atomic E-state index is -1.47. The Labute approximate surface area is 111 Å². The summed E-state index contributed by atoms with van der Waals surface area (Å²) >= 11 is 0. The van der Waals surface area contributed by atoms with Crippen LogP contribution >= 0.6 is 0 Å². The van der Waals surface area contributed by atoms with Crippen LogP contribution in [-0.4, -0.2) is 38.5 Å². The van der Waals surface area contributed by atoms with Crippen LogP contribution in [0, 0.1) is 0 Å². The molecule has 1 aromatic rings. The Balaban J connectivity index is 2.75. The summed E-state index contributed by atoms with van der Waals surface area (Å²) in [6.45, 7) is -0.502. The van der Waals surface area contributed by atoms with Crippen molar-refractivity contribution in [3.63, 3.8) is 0 Å². The van der Waals surface area contributed by atoms with Crippen molar-refractivity contribution in [1.82, 2.24) is 14.9 Å². The molecule has 0 saturated carbocycles. The summed E-state index contributed by atoms with van der Waals surface area (Å²) in [5, 5.41) is 10.8. The smallest absolute Gasteiger partial charge is 0.328 e. The Morgan fingerprint density at radius 3 is 2.55 bits per heavy atom. The number of carboxylic acids is 1. The standard InChI is InChI=1S/C10H12N4O6/c11-6(15)3-5(9(18)19)12-8(17)4-14-2-1-7(16)13-10(14)20/h1-2,5H,3-4H2,(H2,11,15)(H,12,17)(H,18,19)(H,13,16,20)/t5-/m0/s1. The van der Waals surface area contributed by atoms with Crippen LogP contribution in [0.5, 0.6) is 0 Å². The molecular formula is C10H12N4O6. The molecule has 0 aliphatic carbocycles. The lowest BCUT2D eigenvalue weighted by Crippen LogP contribution is -2.45. The zero-order chi connectivity index (χ0) is 15.3. The highest BCUT2D eigenvalue weighted by molar-refractivity contribution is 5.88. The largest absolute Gasteiger partial charge is 0.480 e. The predicted molar refractivity (Wildman–Crippen MR) is 64.7 cm³/mol. The second kappa shape index (κ2) is 6.31. The van der Waals surface area contributed by atoms with E-state index >= 15 is 0 Å². The number of aromatic amines is 1. The molecule has 0 fully saturated rings. The van der Waals surface area contributed by atoms with Crippen LogP contribution < -0.4 is 22.3 Å². The number of carbonyl (C=O) groups is 3. The second-order valence-corrected chi connectivity index (χ2v) is 3.87. The average molecular weight is 284 g/mol. The van der Waals surface area contributed by atoms with Crippen LogP contribution in [0.2, 0.25) is 0 Å². The monoisotopic (exact) mass is 284 g/mol. The van der Waals surface area contributed by atoms with Gasteiger partial charge in [0.1, 0.15) is 12.6 Å². The maximum Gasteiger partial charge on any atom is 0.328 e. The van der Waals surface area contributed by atoms with Crippen molar-refractivity contribution in [1.29, 1.82) is 0 Å². The topological polar surface area (TPSA) is 164 Å². The van der Waals surface area contributed by atoms with Gasteiger partial charge < -0.3 is 16.2 Å². The second-order valence-electron chi connectivity index (χ2n) is 3.87. The van der Waals surface area contributed by atoms with E-state index in [2.05, 4.69) is 0 Å². The Bertz CT molecular complexity index is 646. The third kappa shape index (κ3) is 4.40. The van der Waals surface area contributed by atoms with E-state index in [1.807, 2.05) is 10.3 Å². The molecule has 0 unspecified atom stereocenters. The van der Waals surface area contributed by atoms with Crippen molar-refractivity contribution in [2.75, 3.05) is 0 Å². The zero-order valence-electron chi connectivity index (χ0n) is 10.2. The van der Waals surface area contributed by atoms with Crippen LogP contribution in [-0.2, 0) is 20.9 Å². The van der Waals surface area contributed by atoms with Gasteiger partial charge in [0.25, 0.3) is 5.56 Å². The average Bonchev–Trinajstić information content (AvgIpc) is 2.31. The summed E-state index contributed by atoms with van der Waals surface area (Å²) < 4.78 is 0.875. The van der Waals surface area contributed by atoms with Crippen LogP contribution in [0.1, 0.15) is 6.42 Å². The van der Waals surface area contributed by atoms with Gasteiger partial charge in [0.05, 0.1) is 6.42 Å². The van der Waals surface area contributed by atoms with Crippen LogP contribution in [0.15, 0.2) is 21.9 Å². The quantitative estimate of drug-likeness (QED) is 0.434. The number of H-pyrrole nitrogens is 1. The van der Waals surface area contributed by atoms with E-state index in [1.165, 1.54) is 0 Å². The first-order valence-corrected chi connectivity index (χ1v) is 5.40. The normalized spacial score (nSPS) is 11.6.